The molecule has 0 aliphatic heterocycles. The highest BCUT2D eigenvalue weighted by Gasteiger charge is 2.22. The molecule has 1 atom stereocenters. The van der Waals surface area contributed by atoms with E-state index in [0.717, 1.165) is 13.1 Å². The van der Waals surface area contributed by atoms with E-state index in [2.05, 4.69) is 56.4 Å². The zero-order valence-corrected chi connectivity index (χ0v) is 12.9. The second-order valence-corrected chi connectivity index (χ2v) is 6.42. The fourth-order valence-corrected chi connectivity index (χ4v) is 3.44. The van der Waals surface area contributed by atoms with Crippen LogP contribution in [-0.4, -0.2) is 18.8 Å². The second kappa shape index (κ2) is 8.60. The Bertz CT molecular complexity index is 312. The van der Waals surface area contributed by atoms with Gasteiger partial charge >= 0.3 is 0 Å². The van der Waals surface area contributed by atoms with Crippen LogP contribution in [-0.2, 0) is 0 Å². The van der Waals surface area contributed by atoms with Gasteiger partial charge in [-0.3, -0.25) is 0 Å². The molecular weight excluding hydrogens is 238 g/mol. The fourth-order valence-electron chi connectivity index (χ4n) is 2.26. The molecule has 1 aromatic carbocycles. The van der Waals surface area contributed by atoms with Gasteiger partial charge in [0, 0.05) is 11.4 Å². The molecule has 0 spiro atoms. The van der Waals surface area contributed by atoms with Crippen LogP contribution in [0.15, 0.2) is 35.2 Å². The molecule has 1 unspecified atom stereocenters. The molecule has 0 radical (unpaired) electrons. The van der Waals surface area contributed by atoms with Gasteiger partial charge in [0.15, 0.2) is 0 Å². The van der Waals surface area contributed by atoms with Gasteiger partial charge in [0.1, 0.15) is 0 Å². The lowest BCUT2D eigenvalue weighted by molar-refractivity contribution is 0.271. The smallest absolute Gasteiger partial charge is 0.00719 e. The van der Waals surface area contributed by atoms with Crippen molar-refractivity contribution in [1.82, 2.24) is 5.32 Å². The molecule has 0 saturated carbocycles. The molecule has 0 bridgehead atoms. The molecule has 0 aliphatic rings. The first-order chi connectivity index (χ1) is 8.70. The first-order valence-corrected chi connectivity index (χ1v) is 8.07. The fraction of sp³-hybridized carbons (Fsp3) is 0.625. The SMILES string of the molecule is CCCC(C)(CCSc1ccccc1)CNCC. The van der Waals surface area contributed by atoms with Crippen LogP contribution in [0.5, 0.6) is 0 Å². The maximum absolute atomic E-state index is 3.51. The Morgan fingerprint density at radius 1 is 1.11 bits per heavy atom. The van der Waals surface area contributed by atoms with E-state index < -0.39 is 0 Å². The van der Waals surface area contributed by atoms with Crippen molar-refractivity contribution in [1.29, 1.82) is 0 Å². The molecule has 0 aromatic heterocycles. The van der Waals surface area contributed by atoms with Crippen molar-refractivity contribution in [3.05, 3.63) is 30.3 Å². The molecule has 0 heterocycles. The van der Waals surface area contributed by atoms with E-state index in [4.69, 9.17) is 0 Å². The molecule has 2 heteroatoms. The van der Waals surface area contributed by atoms with Crippen LogP contribution >= 0.6 is 11.8 Å². The lowest BCUT2D eigenvalue weighted by atomic mass is 9.83. The molecule has 0 fully saturated rings. The summed E-state index contributed by atoms with van der Waals surface area (Å²) >= 11 is 1.98. The standard InChI is InChI=1S/C16H27NS/c1-4-11-16(3,14-17-5-2)12-13-18-15-9-7-6-8-10-15/h6-10,17H,4-5,11-14H2,1-3H3. The lowest BCUT2D eigenvalue weighted by Crippen LogP contribution is -2.32. The highest BCUT2D eigenvalue weighted by molar-refractivity contribution is 7.99. The maximum atomic E-state index is 3.51. The molecule has 0 aliphatic carbocycles. The third-order valence-electron chi connectivity index (χ3n) is 3.37. The van der Waals surface area contributed by atoms with Crippen LogP contribution in [0.25, 0.3) is 0 Å². The number of thioether (sulfide) groups is 1. The van der Waals surface area contributed by atoms with Gasteiger partial charge in [-0.15, -0.1) is 11.8 Å². The van der Waals surface area contributed by atoms with Crippen molar-refractivity contribution < 1.29 is 0 Å². The minimum Gasteiger partial charge on any atom is -0.316 e. The van der Waals surface area contributed by atoms with Gasteiger partial charge in [-0.05, 0) is 42.7 Å². The van der Waals surface area contributed by atoms with Crippen LogP contribution in [0.2, 0.25) is 0 Å². The Labute approximate surface area is 117 Å². The first-order valence-electron chi connectivity index (χ1n) is 7.09. The van der Waals surface area contributed by atoms with Crippen LogP contribution in [0.4, 0.5) is 0 Å². The summed E-state index contributed by atoms with van der Waals surface area (Å²) in [6.07, 6.45) is 3.88. The van der Waals surface area contributed by atoms with Crippen LogP contribution in [0.1, 0.15) is 40.0 Å². The number of rotatable bonds is 9. The van der Waals surface area contributed by atoms with Crippen molar-refractivity contribution in [3.63, 3.8) is 0 Å². The highest BCUT2D eigenvalue weighted by Crippen LogP contribution is 2.30. The van der Waals surface area contributed by atoms with E-state index >= 15 is 0 Å². The van der Waals surface area contributed by atoms with Crippen LogP contribution < -0.4 is 5.32 Å². The van der Waals surface area contributed by atoms with Crippen molar-refractivity contribution in [2.24, 2.45) is 5.41 Å². The minimum atomic E-state index is 0.451. The van der Waals surface area contributed by atoms with Crippen molar-refractivity contribution >= 4 is 11.8 Å². The van der Waals surface area contributed by atoms with Crippen LogP contribution in [0.3, 0.4) is 0 Å². The lowest BCUT2D eigenvalue weighted by Gasteiger charge is -2.29. The predicted molar refractivity (Wildman–Crippen MR) is 83.3 cm³/mol. The summed E-state index contributed by atoms with van der Waals surface area (Å²) in [6.45, 7) is 9.11. The summed E-state index contributed by atoms with van der Waals surface area (Å²) in [6, 6.07) is 10.7. The molecule has 1 rings (SSSR count). The van der Waals surface area contributed by atoms with E-state index in [9.17, 15) is 0 Å². The molecular formula is C16H27NS. The Kier molecular flexibility index (Phi) is 7.45. The van der Waals surface area contributed by atoms with Gasteiger partial charge in [0.2, 0.25) is 0 Å². The van der Waals surface area contributed by atoms with E-state index in [1.165, 1.54) is 29.9 Å². The van der Waals surface area contributed by atoms with E-state index in [1.807, 2.05) is 11.8 Å². The van der Waals surface area contributed by atoms with Gasteiger partial charge in [-0.25, -0.2) is 0 Å². The number of hydrogen-bond donors (Lipinski definition) is 1. The number of benzene rings is 1. The molecule has 18 heavy (non-hydrogen) atoms. The van der Waals surface area contributed by atoms with Gasteiger partial charge in [-0.2, -0.15) is 0 Å². The monoisotopic (exact) mass is 265 g/mol. The number of hydrogen-bond acceptors (Lipinski definition) is 2. The summed E-state index contributed by atoms with van der Waals surface area (Å²) in [4.78, 5) is 1.39. The van der Waals surface area contributed by atoms with E-state index in [1.54, 1.807) is 0 Å². The quantitative estimate of drug-likeness (QED) is 0.656. The topological polar surface area (TPSA) is 12.0 Å². The summed E-state index contributed by atoms with van der Waals surface area (Å²) in [5.74, 6) is 1.21. The zero-order chi connectivity index (χ0) is 13.3. The molecule has 0 amide bonds. The molecule has 0 saturated heterocycles. The zero-order valence-electron chi connectivity index (χ0n) is 12.0. The largest absolute Gasteiger partial charge is 0.316 e. The molecule has 102 valence electrons. The highest BCUT2D eigenvalue weighted by atomic mass is 32.2. The average molecular weight is 265 g/mol. The summed E-state index contributed by atoms with van der Waals surface area (Å²) in [5, 5.41) is 3.51. The molecule has 1 N–H and O–H groups in total. The van der Waals surface area contributed by atoms with Crippen molar-refractivity contribution in [3.8, 4) is 0 Å². The third kappa shape index (κ3) is 5.92. The summed E-state index contributed by atoms with van der Waals surface area (Å²) in [7, 11) is 0. The predicted octanol–water partition coefficient (Wildman–Crippen LogP) is 4.58. The molecule has 1 nitrogen and oxygen atoms in total. The maximum Gasteiger partial charge on any atom is 0.00719 e. The van der Waals surface area contributed by atoms with Gasteiger partial charge in [0.05, 0.1) is 0 Å². The van der Waals surface area contributed by atoms with Crippen LogP contribution in [0, 0.1) is 5.41 Å². The van der Waals surface area contributed by atoms with Crippen molar-refractivity contribution in [2.45, 2.75) is 44.9 Å². The van der Waals surface area contributed by atoms with Gasteiger partial charge < -0.3 is 5.32 Å². The van der Waals surface area contributed by atoms with Gasteiger partial charge in [-0.1, -0.05) is 45.4 Å². The minimum absolute atomic E-state index is 0.451. The third-order valence-corrected chi connectivity index (χ3v) is 4.39. The van der Waals surface area contributed by atoms with Gasteiger partial charge in [0.25, 0.3) is 0 Å². The summed E-state index contributed by atoms with van der Waals surface area (Å²) in [5.41, 5.74) is 0.451. The molecule has 1 aromatic rings. The normalized spacial score (nSPS) is 14.4. The first kappa shape index (κ1) is 15.6. The average Bonchev–Trinajstić information content (AvgIpc) is 2.38. The van der Waals surface area contributed by atoms with E-state index in [0.29, 0.717) is 5.41 Å². The Hall–Kier alpha value is -0.470. The van der Waals surface area contributed by atoms with E-state index in [-0.39, 0.29) is 0 Å². The number of nitrogens with one attached hydrogen (secondary N) is 1. The Balaban J connectivity index is 2.37. The Morgan fingerprint density at radius 3 is 2.44 bits per heavy atom. The van der Waals surface area contributed by atoms with Crippen molar-refractivity contribution in [2.75, 3.05) is 18.8 Å². The second-order valence-electron chi connectivity index (χ2n) is 5.25. The Morgan fingerprint density at radius 2 is 1.83 bits per heavy atom. The summed E-state index contributed by atoms with van der Waals surface area (Å²) < 4.78 is 0.